The molecular weight excluding hydrogens is 306 g/mol. The molecule has 0 aliphatic heterocycles. The van der Waals surface area contributed by atoms with Crippen LogP contribution in [0, 0.1) is 0 Å². The van der Waals surface area contributed by atoms with Gasteiger partial charge in [0.2, 0.25) is 0 Å². The van der Waals surface area contributed by atoms with Crippen molar-refractivity contribution in [2.24, 2.45) is 4.99 Å². The van der Waals surface area contributed by atoms with Gasteiger partial charge in [-0.1, -0.05) is 30.3 Å². The van der Waals surface area contributed by atoms with Crippen molar-refractivity contribution in [3.8, 4) is 0 Å². The second-order valence-electron chi connectivity index (χ2n) is 5.03. The zero-order valence-electron chi connectivity index (χ0n) is 13.8. The molecule has 1 heterocycles. The van der Waals surface area contributed by atoms with E-state index < -0.39 is 0 Å². The number of nitrogens with one attached hydrogen (secondary N) is 2. The summed E-state index contributed by atoms with van der Waals surface area (Å²) >= 11 is 1.75. The number of aliphatic imine (C=N–C) groups is 1. The van der Waals surface area contributed by atoms with Crippen molar-refractivity contribution in [3.63, 3.8) is 0 Å². The van der Waals surface area contributed by atoms with Crippen LogP contribution in [0.5, 0.6) is 0 Å². The van der Waals surface area contributed by atoms with Gasteiger partial charge in [0.05, 0.1) is 19.7 Å². The standard InChI is InChI=1S/C18H25N3OS/c1-3-19-18(21-13-17-10-7-11-23-17)20-12-15-8-5-6-9-16(15)14-22-4-2/h5-11H,3-4,12-14H2,1-2H3,(H2,19,20,21). The van der Waals surface area contributed by atoms with Crippen molar-refractivity contribution in [2.45, 2.75) is 33.5 Å². The van der Waals surface area contributed by atoms with Gasteiger partial charge in [0.15, 0.2) is 5.96 Å². The topological polar surface area (TPSA) is 45.7 Å². The maximum Gasteiger partial charge on any atom is 0.191 e. The monoisotopic (exact) mass is 331 g/mol. The van der Waals surface area contributed by atoms with Gasteiger partial charge in [0, 0.05) is 18.0 Å². The number of benzene rings is 1. The van der Waals surface area contributed by atoms with Crippen molar-refractivity contribution < 1.29 is 4.74 Å². The van der Waals surface area contributed by atoms with Crippen LogP contribution in [0.15, 0.2) is 46.8 Å². The molecule has 2 N–H and O–H groups in total. The quantitative estimate of drug-likeness (QED) is 0.574. The number of hydrogen-bond donors (Lipinski definition) is 2. The minimum absolute atomic E-state index is 0.640. The third-order valence-corrected chi connectivity index (χ3v) is 4.22. The summed E-state index contributed by atoms with van der Waals surface area (Å²) in [7, 11) is 0. The summed E-state index contributed by atoms with van der Waals surface area (Å²) < 4.78 is 5.53. The Hall–Kier alpha value is -1.85. The smallest absolute Gasteiger partial charge is 0.191 e. The van der Waals surface area contributed by atoms with Crippen LogP contribution in [0.1, 0.15) is 29.9 Å². The fourth-order valence-corrected chi connectivity index (χ4v) is 2.80. The zero-order chi connectivity index (χ0) is 16.3. The Morgan fingerprint density at radius 1 is 1.09 bits per heavy atom. The predicted octanol–water partition coefficient (Wildman–Crippen LogP) is 3.54. The lowest BCUT2D eigenvalue weighted by atomic mass is 10.1. The molecule has 1 aromatic carbocycles. The van der Waals surface area contributed by atoms with E-state index in [1.807, 2.05) is 19.1 Å². The van der Waals surface area contributed by atoms with E-state index in [0.29, 0.717) is 13.2 Å². The van der Waals surface area contributed by atoms with Gasteiger partial charge < -0.3 is 15.4 Å². The zero-order valence-corrected chi connectivity index (χ0v) is 14.7. The summed E-state index contributed by atoms with van der Waals surface area (Å²) in [6.07, 6.45) is 0. The molecule has 0 atom stereocenters. The molecule has 0 unspecified atom stereocenters. The van der Waals surface area contributed by atoms with Crippen LogP contribution >= 0.6 is 11.3 Å². The first-order valence-electron chi connectivity index (χ1n) is 8.02. The lowest BCUT2D eigenvalue weighted by Gasteiger charge is -2.12. The highest BCUT2D eigenvalue weighted by Crippen LogP contribution is 2.12. The Labute approximate surface area is 142 Å². The second kappa shape index (κ2) is 10.0. The molecule has 5 heteroatoms. The van der Waals surface area contributed by atoms with Crippen LogP contribution in [0.4, 0.5) is 0 Å². The Bertz CT molecular complexity index is 596. The molecule has 0 radical (unpaired) electrons. The largest absolute Gasteiger partial charge is 0.377 e. The Kier molecular flexibility index (Phi) is 7.63. The molecule has 23 heavy (non-hydrogen) atoms. The van der Waals surface area contributed by atoms with Gasteiger partial charge in [-0.25, -0.2) is 4.99 Å². The molecule has 2 aromatic rings. The van der Waals surface area contributed by atoms with Crippen LogP contribution in [-0.2, 0) is 24.4 Å². The van der Waals surface area contributed by atoms with E-state index in [4.69, 9.17) is 9.73 Å². The summed E-state index contributed by atoms with van der Waals surface area (Å²) in [4.78, 5) is 5.99. The minimum Gasteiger partial charge on any atom is -0.377 e. The molecule has 0 fully saturated rings. The van der Waals surface area contributed by atoms with Gasteiger partial charge in [-0.3, -0.25) is 0 Å². The van der Waals surface area contributed by atoms with Gasteiger partial charge >= 0.3 is 0 Å². The van der Waals surface area contributed by atoms with Gasteiger partial charge in [-0.15, -0.1) is 11.3 Å². The Morgan fingerprint density at radius 3 is 2.61 bits per heavy atom. The lowest BCUT2D eigenvalue weighted by molar-refractivity contribution is 0.133. The summed E-state index contributed by atoms with van der Waals surface area (Å²) in [5.74, 6) is 0.840. The molecular formula is C18H25N3OS. The minimum atomic E-state index is 0.640. The maximum atomic E-state index is 5.53. The van der Waals surface area contributed by atoms with E-state index in [9.17, 15) is 0 Å². The van der Waals surface area contributed by atoms with Gasteiger partial charge in [-0.05, 0) is 36.4 Å². The number of ether oxygens (including phenoxy) is 1. The number of thiophene rings is 1. The SMILES string of the molecule is CCNC(=NCc1ccccc1COCC)NCc1cccs1. The molecule has 0 bridgehead atoms. The summed E-state index contributed by atoms with van der Waals surface area (Å²) in [6, 6.07) is 12.5. The third kappa shape index (κ3) is 6.04. The molecule has 0 saturated heterocycles. The third-order valence-electron chi connectivity index (χ3n) is 3.34. The van der Waals surface area contributed by atoms with Gasteiger partial charge in [0.25, 0.3) is 0 Å². The van der Waals surface area contributed by atoms with Crippen molar-refractivity contribution in [1.29, 1.82) is 0 Å². The number of guanidine groups is 1. The summed E-state index contributed by atoms with van der Waals surface area (Å²) in [5.41, 5.74) is 2.40. The van der Waals surface area contributed by atoms with Crippen molar-refractivity contribution in [1.82, 2.24) is 10.6 Å². The summed E-state index contributed by atoms with van der Waals surface area (Å²) in [6.45, 7) is 7.73. The van der Waals surface area contributed by atoms with Crippen LogP contribution in [0.25, 0.3) is 0 Å². The molecule has 0 aliphatic carbocycles. The highest BCUT2D eigenvalue weighted by molar-refractivity contribution is 7.09. The van der Waals surface area contributed by atoms with Crippen molar-refractivity contribution >= 4 is 17.3 Å². The van der Waals surface area contributed by atoms with E-state index in [-0.39, 0.29) is 0 Å². The summed E-state index contributed by atoms with van der Waals surface area (Å²) in [5, 5.41) is 8.75. The van der Waals surface area contributed by atoms with E-state index >= 15 is 0 Å². The van der Waals surface area contributed by atoms with E-state index in [1.54, 1.807) is 11.3 Å². The fourth-order valence-electron chi connectivity index (χ4n) is 2.15. The second-order valence-corrected chi connectivity index (χ2v) is 6.07. The van der Waals surface area contributed by atoms with E-state index in [2.05, 4.69) is 47.2 Å². The maximum absolute atomic E-state index is 5.53. The average molecular weight is 331 g/mol. The van der Waals surface area contributed by atoms with E-state index in [0.717, 1.165) is 25.7 Å². The van der Waals surface area contributed by atoms with Crippen molar-refractivity contribution in [2.75, 3.05) is 13.2 Å². The predicted molar refractivity (Wildman–Crippen MR) is 97.7 cm³/mol. The molecule has 0 amide bonds. The van der Waals surface area contributed by atoms with Gasteiger partial charge in [-0.2, -0.15) is 0 Å². The molecule has 124 valence electrons. The van der Waals surface area contributed by atoms with Crippen LogP contribution in [0.2, 0.25) is 0 Å². The molecule has 0 spiro atoms. The highest BCUT2D eigenvalue weighted by atomic mass is 32.1. The first-order valence-corrected chi connectivity index (χ1v) is 8.90. The van der Waals surface area contributed by atoms with Crippen LogP contribution in [0.3, 0.4) is 0 Å². The molecule has 1 aromatic heterocycles. The first-order chi connectivity index (χ1) is 11.3. The van der Waals surface area contributed by atoms with Crippen molar-refractivity contribution in [3.05, 3.63) is 57.8 Å². The van der Waals surface area contributed by atoms with Crippen LogP contribution in [-0.4, -0.2) is 19.1 Å². The highest BCUT2D eigenvalue weighted by Gasteiger charge is 2.03. The molecule has 2 rings (SSSR count). The van der Waals surface area contributed by atoms with Gasteiger partial charge in [0.1, 0.15) is 0 Å². The number of rotatable bonds is 8. The Morgan fingerprint density at radius 2 is 1.91 bits per heavy atom. The fraction of sp³-hybridized carbons (Fsp3) is 0.389. The Balaban J connectivity index is 1.99. The average Bonchev–Trinajstić information content (AvgIpc) is 3.09. The van der Waals surface area contributed by atoms with E-state index in [1.165, 1.54) is 16.0 Å². The lowest BCUT2D eigenvalue weighted by Crippen LogP contribution is -2.36. The number of hydrogen-bond acceptors (Lipinski definition) is 3. The van der Waals surface area contributed by atoms with Crippen LogP contribution < -0.4 is 10.6 Å². The molecule has 0 aliphatic rings. The molecule has 4 nitrogen and oxygen atoms in total. The normalized spacial score (nSPS) is 11.5. The number of nitrogens with zero attached hydrogens (tertiary/aromatic N) is 1. The first kappa shape index (κ1) is 17.5. The molecule has 0 saturated carbocycles.